The average molecular weight is 295 g/mol. The molecule has 2 N–H and O–H groups in total. The summed E-state index contributed by atoms with van der Waals surface area (Å²) < 4.78 is 0. The fraction of sp³-hybridized carbons (Fsp3) is 0.941. The third-order valence-electron chi connectivity index (χ3n) is 4.98. The van der Waals surface area contributed by atoms with Gasteiger partial charge in [-0.15, -0.1) is 0 Å². The van der Waals surface area contributed by atoms with Crippen molar-refractivity contribution >= 4 is 5.91 Å². The van der Waals surface area contributed by atoms with E-state index >= 15 is 0 Å². The van der Waals surface area contributed by atoms with Crippen LogP contribution < -0.4 is 5.73 Å². The molecule has 1 unspecified atom stereocenters. The molecule has 0 spiro atoms. The van der Waals surface area contributed by atoms with Crippen LogP contribution in [0, 0.1) is 11.8 Å². The van der Waals surface area contributed by atoms with Crippen molar-refractivity contribution in [2.45, 2.75) is 51.9 Å². The molecule has 0 bridgehead atoms. The van der Waals surface area contributed by atoms with Gasteiger partial charge in [0.2, 0.25) is 5.91 Å². The van der Waals surface area contributed by atoms with Crippen LogP contribution in [0.4, 0.5) is 0 Å². The summed E-state index contributed by atoms with van der Waals surface area (Å²) in [5.41, 5.74) is 5.67. The van der Waals surface area contributed by atoms with Crippen molar-refractivity contribution in [3.8, 4) is 0 Å². The van der Waals surface area contributed by atoms with Crippen LogP contribution in [0.2, 0.25) is 0 Å². The number of rotatable bonds is 9. The van der Waals surface area contributed by atoms with E-state index in [0.29, 0.717) is 18.2 Å². The minimum atomic E-state index is 0.360. The standard InChI is InChI=1S/C17H33N3O/c1-2-3-15(8-9-18)6-7-17(21)20-12-10-19(11-13-20)14-16-4-5-16/h15-16H,2-14,18H2,1H3. The van der Waals surface area contributed by atoms with Crippen LogP contribution in [0.3, 0.4) is 0 Å². The van der Waals surface area contributed by atoms with E-state index in [2.05, 4.69) is 16.7 Å². The lowest BCUT2D eigenvalue weighted by molar-refractivity contribution is -0.133. The van der Waals surface area contributed by atoms with Crippen LogP contribution in [-0.2, 0) is 4.79 Å². The SMILES string of the molecule is CCCC(CCN)CCC(=O)N1CCN(CC2CC2)CC1. The molecule has 21 heavy (non-hydrogen) atoms. The zero-order chi connectivity index (χ0) is 15.1. The number of hydrogen-bond acceptors (Lipinski definition) is 3. The van der Waals surface area contributed by atoms with Crippen molar-refractivity contribution in [3.63, 3.8) is 0 Å². The van der Waals surface area contributed by atoms with E-state index in [1.807, 2.05) is 0 Å². The molecular weight excluding hydrogens is 262 g/mol. The highest BCUT2D eigenvalue weighted by atomic mass is 16.2. The molecule has 0 aromatic carbocycles. The summed E-state index contributed by atoms with van der Waals surface area (Å²) in [6.07, 6.45) is 8.03. The minimum Gasteiger partial charge on any atom is -0.340 e. The van der Waals surface area contributed by atoms with Gasteiger partial charge in [-0.1, -0.05) is 19.8 Å². The Balaban J connectivity index is 1.63. The predicted molar refractivity (Wildman–Crippen MR) is 87.0 cm³/mol. The molecule has 1 saturated heterocycles. The smallest absolute Gasteiger partial charge is 0.222 e. The van der Waals surface area contributed by atoms with E-state index in [1.54, 1.807) is 0 Å². The number of nitrogens with two attached hydrogens (primary N) is 1. The molecule has 1 heterocycles. The molecule has 122 valence electrons. The summed E-state index contributed by atoms with van der Waals surface area (Å²) in [5, 5.41) is 0. The molecule has 1 saturated carbocycles. The van der Waals surface area contributed by atoms with E-state index in [9.17, 15) is 4.79 Å². The minimum absolute atomic E-state index is 0.360. The van der Waals surface area contributed by atoms with Crippen molar-refractivity contribution in [2.75, 3.05) is 39.3 Å². The zero-order valence-corrected chi connectivity index (χ0v) is 13.7. The van der Waals surface area contributed by atoms with Crippen molar-refractivity contribution in [3.05, 3.63) is 0 Å². The van der Waals surface area contributed by atoms with Gasteiger partial charge in [0.1, 0.15) is 0 Å². The summed E-state index contributed by atoms with van der Waals surface area (Å²) in [5.74, 6) is 1.96. The number of hydrogen-bond donors (Lipinski definition) is 1. The fourth-order valence-electron chi connectivity index (χ4n) is 3.41. The summed E-state index contributed by atoms with van der Waals surface area (Å²) in [6.45, 7) is 8.23. The lowest BCUT2D eigenvalue weighted by Crippen LogP contribution is -2.49. The Kier molecular flexibility index (Phi) is 6.97. The van der Waals surface area contributed by atoms with E-state index in [4.69, 9.17) is 5.73 Å². The molecule has 2 rings (SSSR count). The normalized spacial score (nSPS) is 21.5. The largest absolute Gasteiger partial charge is 0.340 e. The van der Waals surface area contributed by atoms with Gasteiger partial charge in [0.25, 0.3) is 0 Å². The van der Waals surface area contributed by atoms with Gasteiger partial charge in [0.05, 0.1) is 0 Å². The van der Waals surface area contributed by atoms with Crippen LogP contribution >= 0.6 is 0 Å². The third kappa shape index (κ3) is 5.95. The maximum absolute atomic E-state index is 12.3. The van der Waals surface area contributed by atoms with Crippen molar-refractivity contribution < 1.29 is 4.79 Å². The highest BCUT2D eigenvalue weighted by Crippen LogP contribution is 2.30. The zero-order valence-electron chi connectivity index (χ0n) is 13.7. The second-order valence-electron chi connectivity index (χ2n) is 6.90. The molecular formula is C17H33N3O. The van der Waals surface area contributed by atoms with Crippen LogP contribution in [0.25, 0.3) is 0 Å². The molecule has 4 heteroatoms. The average Bonchev–Trinajstić information content (AvgIpc) is 3.30. The Morgan fingerprint density at radius 1 is 1.14 bits per heavy atom. The Morgan fingerprint density at radius 2 is 1.86 bits per heavy atom. The second-order valence-corrected chi connectivity index (χ2v) is 6.90. The first kappa shape index (κ1) is 16.8. The van der Waals surface area contributed by atoms with Crippen LogP contribution in [0.15, 0.2) is 0 Å². The Bertz CT molecular complexity index is 303. The van der Waals surface area contributed by atoms with Gasteiger partial charge in [-0.3, -0.25) is 9.69 Å². The molecule has 0 aromatic rings. The summed E-state index contributed by atoms with van der Waals surface area (Å²) in [4.78, 5) is 16.9. The first-order valence-electron chi connectivity index (χ1n) is 8.93. The molecule has 2 aliphatic rings. The summed E-state index contributed by atoms with van der Waals surface area (Å²) in [6, 6.07) is 0. The monoisotopic (exact) mass is 295 g/mol. The summed E-state index contributed by atoms with van der Waals surface area (Å²) in [7, 11) is 0. The van der Waals surface area contributed by atoms with Gasteiger partial charge in [-0.05, 0) is 44.1 Å². The lowest BCUT2D eigenvalue weighted by atomic mass is 9.94. The van der Waals surface area contributed by atoms with Gasteiger partial charge >= 0.3 is 0 Å². The van der Waals surface area contributed by atoms with E-state index in [0.717, 1.165) is 51.5 Å². The van der Waals surface area contributed by atoms with Gasteiger partial charge < -0.3 is 10.6 Å². The topological polar surface area (TPSA) is 49.6 Å². The first-order chi connectivity index (χ1) is 10.2. The maximum Gasteiger partial charge on any atom is 0.222 e. The molecule has 0 aromatic heterocycles. The first-order valence-corrected chi connectivity index (χ1v) is 8.93. The van der Waals surface area contributed by atoms with Gasteiger partial charge in [0.15, 0.2) is 0 Å². The van der Waals surface area contributed by atoms with Crippen molar-refractivity contribution in [1.29, 1.82) is 0 Å². The molecule has 2 fully saturated rings. The Hall–Kier alpha value is -0.610. The second kappa shape index (κ2) is 8.74. The number of nitrogens with zero attached hydrogens (tertiary/aromatic N) is 2. The van der Waals surface area contributed by atoms with Gasteiger partial charge in [0, 0.05) is 39.1 Å². The molecule has 1 aliphatic heterocycles. The van der Waals surface area contributed by atoms with Crippen molar-refractivity contribution in [2.24, 2.45) is 17.6 Å². The highest BCUT2D eigenvalue weighted by molar-refractivity contribution is 5.76. The number of amides is 1. The molecule has 1 atom stereocenters. The highest BCUT2D eigenvalue weighted by Gasteiger charge is 2.27. The van der Waals surface area contributed by atoms with Gasteiger partial charge in [-0.25, -0.2) is 0 Å². The van der Waals surface area contributed by atoms with E-state index in [-0.39, 0.29) is 0 Å². The molecule has 0 radical (unpaired) electrons. The number of carbonyl (C=O) groups excluding carboxylic acids is 1. The van der Waals surface area contributed by atoms with Crippen LogP contribution in [0.5, 0.6) is 0 Å². The summed E-state index contributed by atoms with van der Waals surface area (Å²) >= 11 is 0. The number of carbonyl (C=O) groups is 1. The maximum atomic E-state index is 12.3. The quantitative estimate of drug-likeness (QED) is 0.708. The molecule has 1 amide bonds. The van der Waals surface area contributed by atoms with Crippen molar-refractivity contribution in [1.82, 2.24) is 9.80 Å². The predicted octanol–water partition coefficient (Wildman–Crippen LogP) is 2.09. The fourth-order valence-corrected chi connectivity index (χ4v) is 3.41. The van der Waals surface area contributed by atoms with Crippen LogP contribution in [-0.4, -0.2) is 55.0 Å². The number of piperazine rings is 1. The third-order valence-corrected chi connectivity index (χ3v) is 4.98. The lowest BCUT2D eigenvalue weighted by Gasteiger charge is -2.35. The van der Waals surface area contributed by atoms with Gasteiger partial charge in [-0.2, -0.15) is 0 Å². The molecule has 4 nitrogen and oxygen atoms in total. The Labute approximate surface area is 130 Å². The molecule has 1 aliphatic carbocycles. The van der Waals surface area contributed by atoms with E-state index in [1.165, 1.54) is 32.2 Å². The Morgan fingerprint density at radius 3 is 2.43 bits per heavy atom. The van der Waals surface area contributed by atoms with E-state index < -0.39 is 0 Å². The van der Waals surface area contributed by atoms with Crippen LogP contribution in [0.1, 0.15) is 51.9 Å².